The predicted octanol–water partition coefficient (Wildman–Crippen LogP) is 4.89. The lowest BCUT2D eigenvalue weighted by atomic mass is 9.96. The van der Waals surface area contributed by atoms with E-state index in [9.17, 15) is 4.39 Å². The molecule has 102 valence electrons. The third kappa shape index (κ3) is 3.77. The maximum atomic E-state index is 13.2. The van der Waals surface area contributed by atoms with E-state index in [0.717, 1.165) is 24.1 Å². The van der Waals surface area contributed by atoms with Gasteiger partial charge in [-0.2, -0.15) is 0 Å². The van der Waals surface area contributed by atoms with E-state index in [-0.39, 0.29) is 11.9 Å². The van der Waals surface area contributed by atoms with Gasteiger partial charge in [0, 0.05) is 0 Å². The van der Waals surface area contributed by atoms with Crippen molar-refractivity contribution in [3.63, 3.8) is 0 Å². The molecule has 0 aliphatic rings. The average molecular weight is 389 g/mol. The van der Waals surface area contributed by atoms with Crippen LogP contribution in [0, 0.1) is 15.6 Å². The van der Waals surface area contributed by atoms with Gasteiger partial charge in [-0.1, -0.05) is 13.0 Å². The van der Waals surface area contributed by atoms with Gasteiger partial charge in [-0.15, -0.1) is 11.3 Å². The van der Waals surface area contributed by atoms with Crippen LogP contribution in [-0.4, -0.2) is 6.54 Å². The second-order valence-electron chi connectivity index (χ2n) is 4.57. The third-order valence-corrected chi connectivity index (χ3v) is 4.87. The molecule has 0 spiro atoms. The molecule has 0 radical (unpaired) electrons. The Labute approximate surface area is 131 Å². The summed E-state index contributed by atoms with van der Waals surface area (Å²) in [5.41, 5.74) is 3.41. The number of halogens is 2. The van der Waals surface area contributed by atoms with Crippen LogP contribution >= 0.6 is 33.9 Å². The summed E-state index contributed by atoms with van der Waals surface area (Å²) in [6.07, 6.45) is 1.08. The van der Waals surface area contributed by atoms with Crippen LogP contribution < -0.4 is 5.32 Å². The van der Waals surface area contributed by atoms with Crippen molar-refractivity contribution >= 4 is 33.9 Å². The maximum Gasteiger partial charge on any atom is 0.123 e. The molecule has 1 N–H and O–H groups in total. The van der Waals surface area contributed by atoms with E-state index in [1.54, 1.807) is 23.5 Å². The molecule has 0 aliphatic heterocycles. The SMILES string of the molecule is CCCNC(c1csc(I)c1)c1ccc(F)cc1C. The van der Waals surface area contributed by atoms with Crippen LogP contribution in [0.1, 0.15) is 36.1 Å². The van der Waals surface area contributed by atoms with Crippen molar-refractivity contribution in [2.75, 3.05) is 6.54 Å². The lowest BCUT2D eigenvalue weighted by Gasteiger charge is -2.20. The van der Waals surface area contributed by atoms with Crippen LogP contribution in [0.15, 0.2) is 29.6 Å². The second-order valence-corrected chi connectivity index (χ2v) is 7.38. The van der Waals surface area contributed by atoms with E-state index in [2.05, 4.69) is 46.3 Å². The van der Waals surface area contributed by atoms with Crippen molar-refractivity contribution in [2.45, 2.75) is 26.3 Å². The Morgan fingerprint density at radius 2 is 2.16 bits per heavy atom. The zero-order valence-electron chi connectivity index (χ0n) is 11.0. The average Bonchev–Trinajstić information content (AvgIpc) is 2.78. The molecular weight excluding hydrogens is 372 g/mol. The predicted molar refractivity (Wildman–Crippen MR) is 88.3 cm³/mol. The highest BCUT2D eigenvalue weighted by Crippen LogP contribution is 2.29. The Kier molecular flexibility index (Phi) is 5.36. The number of hydrogen-bond donors (Lipinski definition) is 1. The van der Waals surface area contributed by atoms with E-state index >= 15 is 0 Å². The second kappa shape index (κ2) is 6.81. The third-order valence-electron chi connectivity index (χ3n) is 3.06. The largest absolute Gasteiger partial charge is 0.306 e. The van der Waals surface area contributed by atoms with Gasteiger partial charge in [0.2, 0.25) is 0 Å². The van der Waals surface area contributed by atoms with Gasteiger partial charge in [0.1, 0.15) is 5.82 Å². The maximum absolute atomic E-state index is 13.2. The summed E-state index contributed by atoms with van der Waals surface area (Å²) in [5, 5.41) is 5.73. The van der Waals surface area contributed by atoms with Gasteiger partial charge in [-0.25, -0.2) is 4.39 Å². The molecule has 4 heteroatoms. The molecule has 1 unspecified atom stereocenters. The fraction of sp³-hybridized carbons (Fsp3) is 0.333. The molecule has 0 saturated carbocycles. The fourth-order valence-electron chi connectivity index (χ4n) is 2.13. The highest BCUT2D eigenvalue weighted by molar-refractivity contribution is 14.1. The van der Waals surface area contributed by atoms with Crippen LogP contribution in [-0.2, 0) is 0 Å². The summed E-state index contributed by atoms with van der Waals surface area (Å²) >= 11 is 4.08. The van der Waals surface area contributed by atoms with Crippen LogP contribution in [0.2, 0.25) is 0 Å². The summed E-state index contributed by atoms with van der Waals surface area (Å²) in [6.45, 7) is 5.07. The number of nitrogens with one attached hydrogen (secondary N) is 1. The van der Waals surface area contributed by atoms with Gasteiger partial charge in [0.05, 0.1) is 8.93 Å². The number of aryl methyl sites for hydroxylation is 1. The van der Waals surface area contributed by atoms with Crippen molar-refractivity contribution in [3.8, 4) is 0 Å². The van der Waals surface area contributed by atoms with E-state index in [4.69, 9.17) is 0 Å². The topological polar surface area (TPSA) is 12.0 Å². The van der Waals surface area contributed by atoms with Crippen LogP contribution in [0.25, 0.3) is 0 Å². The lowest BCUT2D eigenvalue weighted by Crippen LogP contribution is -2.23. The van der Waals surface area contributed by atoms with E-state index in [1.807, 2.05) is 13.0 Å². The molecule has 0 saturated heterocycles. The Hall–Kier alpha value is -0.460. The standard InChI is InChI=1S/C15H17FINS/c1-3-6-18-15(11-8-14(17)19-9-11)13-5-4-12(16)7-10(13)2/h4-5,7-9,15,18H,3,6H2,1-2H3. The van der Waals surface area contributed by atoms with Gasteiger partial charge in [-0.05, 0) is 82.7 Å². The molecule has 0 bridgehead atoms. The fourth-order valence-corrected chi connectivity index (χ4v) is 3.53. The molecule has 2 aromatic rings. The Balaban J connectivity index is 2.36. The molecule has 1 aromatic carbocycles. The minimum Gasteiger partial charge on any atom is -0.306 e. The normalized spacial score (nSPS) is 12.6. The molecule has 0 fully saturated rings. The first-order valence-electron chi connectivity index (χ1n) is 6.35. The molecule has 1 atom stereocenters. The van der Waals surface area contributed by atoms with Crippen LogP contribution in [0.5, 0.6) is 0 Å². The lowest BCUT2D eigenvalue weighted by molar-refractivity contribution is 0.591. The molecule has 0 amide bonds. The van der Waals surface area contributed by atoms with Crippen molar-refractivity contribution in [1.82, 2.24) is 5.32 Å². The van der Waals surface area contributed by atoms with Crippen LogP contribution in [0.3, 0.4) is 0 Å². The van der Waals surface area contributed by atoms with Crippen molar-refractivity contribution in [1.29, 1.82) is 0 Å². The van der Waals surface area contributed by atoms with Crippen molar-refractivity contribution in [2.24, 2.45) is 0 Å². The smallest absolute Gasteiger partial charge is 0.123 e. The summed E-state index contributed by atoms with van der Waals surface area (Å²) < 4.78 is 14.5. The minimum absolute atomic E-state index is 0.153. The summed E-state index contributed by atoms with van der Waals surface area (Å²) in [4.78, 5) is 0. The first kappa shape index (κ1) is 14.9. The zero-order chi connectivity index (χ0) is 13.8. The molecule has 1 nitrogen and oxygen atoms in total. The number of rotatable bonds is 5. The van der Waals surface area contributed by atoms with Crippen molar-refractivity contribution < 1.29 is 4.39 Å². The Bertz CT molecular complexity index is 553. The first-order valence-corrected chi connectivity index (χ1v) is 8.31. The highest BCUT2D eigenvalue weighted by atomic mass is 127. The summed E-state index contributed by atoms with van der Waals surface area (Å²) in [6, 6.07) is 7.39. The van der Waals surface area contributed by atoms with E-state index in [0.29, 0.717) is 0 Å². The van der Waals surface area contributed by atoms with Crippen molar-refractivity contribution in [3.05, 3.63) is 55.0 Å². The molecule has 19 heavy (non-hydrogen) atoms. The van der Waals surface area contributed by atoms with Gasteiger partial charge in [-0.3, -0.25) is 0 Å². The quantitative estimate of drug-likeness (QED) is 0.719. The summed E-state index contributed by atoms with van der Waals surface area (Å²) in [7, 11) is 0. The van der Waals surface area contributed by atoms with Gasteiger partial charge >= 0.3 is 0 Å². The van der Waals surface area contributed by atoms with Gasteiger partial charge in [0.15, 0.2) is 0 Å². The molecule has 1 heterocycles. The van der Waals surface area contributed by atoms with E-state index in [1.165, 1.54) is 8.45 Å². The summed E-state index contributed by atoms with van der Waals surface area (Å²) in [5.74, 6) is -0.171. The Morgan fingerprint density at radius 1 is 1.37 bits per heavy atom. The molecule has 0 aliphatic carbocycles. The molecular formula is C15H17FINS. The van der Waals surface area contributed by atoms with E-state index < -0.39 is 0 Å². The zero-order valence-corrected chi connectivity index (χ0v) is 14.0. The van der Waals surface area contributed by atoms with Gasteiger partial charge in [0.25, 0.3) is 0 Å². The van der Waals surface area contributed by atoms with Crippen LogP contribution in [0.4, 0.5) is 4.39 Å². The highest BCUT2D eigenvalue weighted by Gasteiger charge is 2.17. The van der Waals surface area contributed by atoms with Gasteiger partial charge < -0.3 is 5.32 Å². The Morgan fingerprint density at radius 3 is 2.74 bits per heavy atom. The monoisotopic (exact) mass is 389 g/mol. The molecule has 1 aromatic heterocycles. The number of hydrogen-bond acceptors (Lipinski definition) is 2. The number of benzene rings is 1. The first-order chi connectivity index (χ1) is 9.11. The minimum atomic E-state index is -0.171. The molecule has 2 rings (SSSR count). The number of thiophene rings is 1.